The molecule has 0 N–H and O–H groups in total. The van der Waals surface area contributed by atoms with E-state index in [4.69, 9.17) is 9.72 Å². The van der Waals surface area contributed by atoms with Crippen LogP contribution in [0.5, 0.6) is 11.5 Å². The summed E-state index contributed by atoms with van der Waals surface area (Å²) in [6.07, 6.45) is 1.88. The van der Waals surface area contributed by atoms with E-state index in [9.17, 15) is 8.78 Å². The number of ether oxygens (including phenoxy) is 1. The Morgan fingerprint density at radius 3 is 1.66 bits per heavy atom. The normalized spacial score (nSPS) is 12.5. The quantitative estimate of drug-likeness (QED) is 0.142. The van der Waals surface area contributed by atoms with Crippen LogP contribution in [-0.2, 0) is 26.5 Å². The van der Waals surface area contributed by atoms with Crippen LogP contribution >= 0.6 is 0 Å². The van der Waals surface area contributed by atoms with Crippen LogP contribution in [0.2, 0.25) is 0 Å². The summed E-state index contributed by atoms with van der Waals surface area (Å²) in [6.45, 7) is 8.70. The van der Waals surface area contributed by atoms with Crippen molar-refractivity contribution in [3.8, 4) is 45.3 Å². The monoisotopic (exact) mass is 1130 g/mol. The van der Waals surface area contributed by atoms with E-state index in [0.29, 0.717) is 11.5 Å². The largest absolute Gasteiger partial charge is 0.509 e. The first-order valence-corrected chi connectivity index (χ1v) is 24.0. The predicted molar refractivity (Wildman–Crippen MR) is 288 cm³/mol. The molecular weight excluding hydrogens is 1090 g/mol. The van der Waals surface area contributed by atoms with Gasteiger partial charge in [0.1, 0.15) is 17.5 Å². The fourth-order valence-corrected chi connectivity index (χ4v) is 10.3. The van der Waals surface area contributed by atoms with Gasteiger partial charge in [0.05, 0.1) is 11.0 Å². The van der Waals surface area contributed by atoms with Crippen LogP contribution in [0.25, 0.3) is 77.4 Å². The smallest absolute Gasteiger partial charge is 0.135 e. The Labute approximate surface area is 436 Å². The van der Waals surface area contributed by atoms with Crippen molar-refractivity contribution < 1.29 is 34.6 Å². The van der Waals surface area contributed by atoms with Crippen molar-refractivity contribution in [2.75, 3.05) is 9.80 Å². The van der Waals surface area contributed by atoms with E-state index >= 15 is 0 Å². The minimum atomic E-state index is -0.321. The molecule has 0 amide bonds. The molecule has 9 aromatic carbocycles. The van der Waals surface area contributed by atoms with Gasteiger partial charge in [0.15, 0.2) is 0 Å². The molecular formula is C64H44F2N5OPt-3. The molecule has 0 radical (unpaired) electrons. The third kappa shape index (κ3) is 7.94. The molecule has 1 aliphatic heterocycles. The van der Waals surface area contributed by atoms with E-state index in [2.05, 4.69) is 168 Å². The Bertz CT molecular complexity index is 3960. The molecule has 4 heterocycles. The summed E-state index contributed by atoms with van der Waals surface area (Å²) in [7, 11) is 0. The number of hydrogen-bond donors (Lipinski definition) is 0. The van der Waals surface area contributed by atoms with Gasteiger partial charge in [-0.1, -0.05) is 147 Å². The van der Waals surface area contributed by atoms with E-state index in [-0.39, 0.29) is 38.1 Å². The fourth-order valence-electron chi connectivity index (χ4n) is 10.3. The van der Waals surface area contributed by atoms with Gasteiger partial charge >= 0.3 is 0 Å². The molecule has 1 aliphatic rings. The van der Waals surface area contributed by atoms with Gasteiger partial charge in [-0.15, -0.1) is 42.4 Å². The Morgan fingerprint density at radius 2 is 1.05 bits per heavy atom. The van der Waals surface area contributed by atoms with Gasteiger partial charge in [0.25, 0.3) is 0 Å². The molecule has 9 heteroatoms. The van der Waals surface area contributed by atoms with Crippen molar-refractivity contribution in [1.29, 1.82) is 0 Å². The summed E-state index contributed by atoms with van der Waals surface area (Å²) in [5.41, 5.74) is 12.7. The SMILES string of the molecule is CC(C)(C)c1ccnc(-n2c3[c-]c(Oc4[c-]c(N5[CH-]N(c6c(-c7ccc(F)cc7)cccc6-c6ccc(F)cc6)c6ccccc65)cc(-n5c6ccccc6c6ccccc65)c4)ccc3c3ccccc32)c1.[Pt]. The zero-order valence-corrected chi connectivity index (χ0v) is 42.2. The molecule has 0 saturated heterocycles. The summed E-state index contributed by atoms with van der Waals surface area (Å²) < 4.78 is 40.4. The molecule has 358 valence electrons. The molecule has 0 spiro atoms. The zero-order chi connectivity index (χ0) is 48.7. The maximum Gasteiger partial charge on any atom is 0.135 e. The van der Waals surface area contributed by atoms with E-state index in [1.54, 1.807) is 24.3 Å². The molecule has 3 aromatic heterocycles. The number of fused-ring (bicyclic) bond motifs is 7. The fraction of sp³-hybridized carbons (Fsp3) is 0.0625. The number of anilines is 4. The summed E-state index contributed by atoms with van der Waals surface area (Å²) in [5.74, 6) is 1.17. The number of pyridine rings is 1. The van der Waals surface area contributed by atoms with Crippen LogP contribution in [0.15, 0.2) is 206 Å². The van der Waals surface area contributed by atoms with E-state index in [0.717, 1.165) is 100 Å². The molecule has 0 atom stereocenters. The van der Waals surface area contributed by atoms with Crippen LogP contribution in [-0.4, -0.2) is 14.1 Å². The second-order valence-electron chi connectivity index (χ2n) is 19.2. The number of rotatable bonds is 8. The van der Waals surface area contributed by atoms with Crippen molar-refractivity contribution in [2.24, 2.45) is 0 Å². The summed E-state index contributed by atoms with van der Waals surface area (Å²) >= 11 is 0. The van der Waals surface area contributed by atoms with Gasteiger partial charge in [-0.25, -0.2) is 13.8 Å². The standard InChI is InChI=1S/C64H44F2N5O.Pt/c1-64(2,3)43-33-34-67-62(35-43)71-58-20-9-6-15-54(58)55-32-31-48(39-61(55)71)72-49-37-46(36-47(38-49)70-56-18-7-4-13-52(56)53-14-5-8-19-57(53)70)68-40-69(60-22-11-10-21-59(60)68)63-50(41-23-27-44(65)28-24-41)16-12-17-51(63)42-25-29-45(66)30-26-42;/h4-36,38,40H,1-3H3;/q-3;. The first kappa shape index (κ1) is 45.8. The topological polar surface area (TPSA) is 38.5 Å². The summed E-state index contributed by atoms with van der Waals surface area (Å²) in [4.78, 5) is 9.20. The molecule has 0 unspecified atom stereocenters. The third-order valence-electron chi connectivity index (χ3n) is 13.7. The van der Waals surface area contributed by atoms with Gasteiger partial charge in [-0.2, -0.15) is 6.07 Å². The minimum absolute atomic E-state index is 0. The van der Waals surface area contributed by atoms with Gasteiger partial charge in [-0.05, 0) is 94.2 Å². The predicted octanol–water partition coefficient (Wildman–Crippen LogP) is 17.0. The van der Waals surface area contributed by atoms with Gasteiger partial charge in [0, 0.05) is 83.2 Å². The number of nitrogens with zero attached hydrogens (tertiary/aromatic N) is 5. The maximum absolute atomic E-state index is 14.5. The Morgan fingerprint density at radius 1 is 0.507 bits per heavy atom. The van der Waals surface area contributed by atoms with Crippen LogP contribution in [0.1, 0.15) is 26.3 Å². The Hall–Kier alpha value is -8.32. The number of halogens is 2. The molecule has 12 aromatic rings. The molecule has 6 nitrogen and oxygen atoms in total. The molecule has 0 bridgehead atoms. The number of hydrogen-bond acceptors (Lipinski definition) is 4. The first-order valence-electron chi connectivity index (χ1n) is 24.0. The van der Waals surface area contributed by atoms with Crippen molar-refractivity contribution in [1.82, 2.24) is 14.1 Å². The third-order valence-corrected chi connectivity index (χ3v) is 13.7. The first-order chi connectivity index (χ1) is 35.1. The van der Waals surface area contributed by atoms with Gasteiger partial charge in [-0.3, -0.25) is 0 Å². The van der Waals surface area contributed by atoms with Crippen molar-refractivity contribution in [2.45, 2.75) is 26.2 Å². The number of benzene rings is 9. The van der Waals surface area contributed by atoms with Gasteiger partial charge < -0.3 is 23.7 Å². The second kappa shape index (κ2) is 18.1. The Balaban J connectivity index is 0.00000543. The van der Waals surface area contributed by atoms with Crippen LogP contribution in [0, 0.1) is 30.4 Å². The molecule has 13 rings (SSSR count). The molecule has 0 fully saturated rings. The van der Waals surface area contributed by atoms with Crippen molar-refractivity contribution >= 4 is 66.4 Å². The maximum atomic E-state index is 14.5. The van der Waals surface area contributed by atoms with Crippen LogP contribution < -0.4 is 14.5 Å². The van der Waals surface area contributed by atoms with Crippen LogP contribution in [0.4, 0.5) is 31.5 Å². The second-order valence-corrected chi connectivity index (χ2v) is 19.2. The zero-order valence-electron chi connectivity index (χ0n) is 39.9. The molecule has 73 heavy (non-hydrogen) atoms. The summed E-state index contributed by atoms with van der Waals surface area (Å²) in [6, 6.07) is 72.6. The number of para-hydroxylation sites is 6. The Kier molecular flexibility index (Phi) is 11.3. The van der Waals surface area contributed by atoms with E-state index < -0.39 is 0 Å². The average molecular weight is 1130 g/mol. The van der Waals surface area contributed by atoms with Gasteiger partial charge in [0.2, 0.25) is 0 Å². The minimum Gasteiger partial charge on any atom is -0.509 e. The average Bonchev–Trinajstić information content (AvgIpc) is 4.07. The number of aromatic nitrogens is 3. The summed E-state index contributed by atoms with van der Waals surface area (Å²) in [5, 5.41) is 4.40. The van der Waals surface area contributed by atoms with Crippen molar-refractivity contribution in [3.63, 3.8) is 0 Å². The van der Waals surface area contributed by atoms with E-state index in [1.807, 2.05) is 48.7 Å². The van der Waals surface area contributed by atoms with E-state index in [1.165, 1.54) is 29.8 Å². The van der Waals surface area contributed by atoms with Crippen molar-refractivity contribution in [3.05, 3.63) is 242 Å². The molecule has 0 aliphatic carbocycles. The molecule has 0 saturated carbocycles. The van der Waals surface area contributed by atoms with Crippen LogP contribution in [0.3, 0.4) is 0 Å².